The minimum Gasteiger partial charge on any atom is -0.489 e. The summed E-state index contributed by atoms with van der Waals surface area (Å²) in [6.45, 7) is -1.37. The second-order valence-corrected chi connectivity index (χ2v) is 3.72. The van der Waals surface area contributed by atoms with Crippen LogP contribution in [0.1, 0.15) is 0 Å². The van der Waals surface area contributed by atoms with Crippen molar-refractivity contribution in [2.75, 3.05) is 18.9 Å². The third-order valence-electron chi connectivity index (χ3n) is 2.14. The van der Waals surface area contributed by atoms with Crippen LogP contribution in [0.2, 0.25) is 0 Å². The quantitative estimate of drug-likeness (QED) is 0.516. The Morgan fingerprint density at radius 2 is 1.50 bits per heavy atom. The van der Waals surface area contributed by atoms with E-state index in [1.807, 2.05) is 0 Å². The van der Waals surface area contributed by atoms with E-state index in [4.69, 9.17) is 10.5 Å². The van der Waals surface area contributed by atoms with E-state index in [9.17, 15) is 26.3 Å². The normalized spacial score (nSPS) is 12.8. The Kier molecular flexibility index (Phi) is 5.09. The molecule has 0 saturated carbocycles. The maximum absolute atomic E-state index is 12.1. The molecule has 20 heavy (non-hydrogen) atoms. The Hall–Kier alpha value is -1.64. The van der Waals surface area contributed by atoms with Crippen molar-refractivity contribution in [1.29, 1.82) is 0 Å². The number of para-hydroxylation sites is 2. The fourth-order valence-corrected chi connectivity index (χ4v) is 1.30. The third-order valence-corrected chi connectivity index (χ3v) is 2.14. The number of ether oxygens (including phenoxy) is 2. The van der Waals surface area contributed by atoms with Crippen molar-refractivity contribution >= 4 is 5.69 Å². The van der Waals surface area contributed by atoms with Gasteiger partial charge in [-0.25, -0.2) is 0 Å². The van der Waals surface area contributed by atoms with Gasteiger partial charge < -0.3 is 15.2 Å². The van der Waals surface area contributed by atoms with Gasteiger partial charge in [0.05, 0.1) is 12.3 Å². The van der Waals surface area contributed by atoms with Crippen molar-refractivity contribution in [3.05, 3.63) is 24.3 Å². The first-order valence-corrected chi connectivity index (χ1v) is 5.34. The van der Waals surface area contributed by atoms with Gasteiger partial charge in [-0.05, 0) is 12.1 Å². The highest BCUT2D eigenvalue weighted by Crippen LogP contribution is 2.35. The molecule has 0 spiro atoms. The zero-order valence-electron chi connectivity index (χ0n) is 9.96. The fourth-order valence-electron chi connectivity index (χ4n) is 1.30. The summed E-state index contributed by atoms with van der Waals surface area (Å²) in [5, 5.41) is 0. The molecule has 0 heterocycles. The molecule has 1 rings (SSSR count). The summed E-state index contributed by atoms with van der Waals surface area (Å²) in [7, 11) is 0. The van der Waals surface area contributed by atoms with Crippen molar-refractivity contribution < 1.29 is 35.8 Å². The van der Waals surface area contributed by atoms with Crippen LogP contribution in [0.5, 0.6) is 5.75 Å². The van der Waals surface area contributed by atoms with E-state index in [1.165, 1.54) is 12.1 Å². The molecule has 3 nitrogen and oxygen atoms in total. The highest BCUT2D eigenvalue weighted by Gasteiger charge is 2.57. The molecule has 0 aliphatic rings. The van der Waals surface area contributed by atoms with E-state index < -0.39 is 31.7 Å². The molecule has 2 N–H and O–H groups in total. The van der Waals surface area contributed by atoms with Crippen LogP contribution in [0.15, 0.2) is 24.3 Å². The van der Waals surface area contributed by atoms with Crippen molar-refractivity contribution in [3.8, 4) is 5.75 Å². The van der Waals surface area contributed by atoms with Crippen LogP contribution in [0.3, 0.4) is 0 Å². The van der Waals surface area contributed by atoms with Crippen LogP contribution in [-0.2, 0) is 4.74 Å². The first kappa shape index (κ1) is 16.4. The Labute approximate surface area is 110 Å². The lowest BCUT2D eigenvalue weighted by Gasteiger charge is -2.23. The highest BCUT2D eigenvalue weighted by atomic mass is 19.4. The smallest absolute Gasteiger partial charge is 0.423 e. The number of nitrogens with two attached hydrogens (primary N) is 1. The van der Waals surface area contributed by atoms with Crippen molar-refractivity contribution in [1.82, 2.24) is 0 Å². The Morgan fingerprint density at radius 1 is 0.950 bits per heavy atom. The molecule has 1 aromatic rings. The molecule has 9 heteroatoms. The molecule has 0 saturated heterocycles. The predicted molar refractivity (Wildman–Crippen MR) is 58.2 cm³/mol. The Morgan fingerprint density at radius 3 is 2.00 bits per heavy atom. The van der Waals surface area contributed by atoms with Gasteiger partial charge in [0, 0.05) is 0 Å². The van der Waals surface area contributed by atoms with Gasteiger partial charge in [-0.2, -0.15) is 26.3 Å². The zero-order valence-corrected chi connectivity index (χ0v) is 9.96. The third kappa shape index (κ3) is 4.80. The van der Waals surface area contributed by atoms with Crippen molar-refractivity contribution in [2.24, 2.45) is 0 Å². The molecule has 0 aliphatic heterocycles. The van der Waals surface area contributed by atoms with Crippen LogP contribution in [0, 0.1) is 0 Å². The van der Waals surface area contributed by atoms with Gasteiger partial charge in [-0.1, -0.05) is 12.1 Å². The first-order valence-electron chi connectivity index (χ1n) is 5.34. The van der Waals surface area contributed by atoms with Crippen molar-refractivity contribution in [2.45, 2.75) is 18.5 Å². The van der Waals surface area contributed by atoms with E-state index in [0.29, 0.717) is 0 Å². The van der Waals surface area contributed by atoms with Crippen LogP contribution < -0.4 is 10.5 Å². The zero-order chi connectivity index (χ0) is 15.4. The molecule has 0 unspecified atom stereocenters. The lowest BCUT2D eigenvalue weighted by Crippen LogP contribution is -2.44. The monoisotopic (exact) mass is 303 g/mol. The topological polar surface area (TPSA) is 44.5 Å². The van der Waals surface area contributed by atoms with E-state index in [0.717, 1.165) is 0 Å². The minimum absolute atomic E-state index is 0.159. The van der Waals surface area contributed by atoms with Crippen LogP contribution in [0.4, 0.5) is 32.0 Å². The standard InChI is InChI=1S/C11H11F6NO2/c12-10(13,14)9(11(15,16)17)20-6-5-19-8-4-2-1-3-7(8)18/h1-4,9H,5-6,18H2. The predicted octanol–water partition coefficient (Wildman–Crippen LogP) is 3.16. The molecule has 0 bridgehead atoms. The average Bonchev–Trinajstić information content (AvgIpc) is 2.27. The van der Waals surface area contributed by atoms with E-state index in [-0.39, 0.29) is 11.4 Å². The van der Waals surface area contributed by atoms with Gasteiger partial charge in [0.1, 0.15) is 12.4 Å². The largest absolute Gasteiger partial charge is 0.489 e. The van der Waals surface area contributed by atoms with Crippen LogP contribution in [0.25, 0.3) is 0 Å². The first-order chi connectivity index (χ1) is 9.12. The van der Waals surface area contributed by atoms with Gasteiger partial charge in [0.2, 0.25) is 6.10 Å². The number of anilines is 1. The lowest BCUT2D eigenvalue weighted by molar-refractivity contribution is -0.322. The molecule has 0 atom stereocenters. The maximum Gasteiger partial charge on any atom is 0.423 e. The summed E-state index contributed by atoms with van der Waals surface area (Å²) >= 11 is 0. The molecule has 0 amide bonds. The van der Waals surface area contributed by atoms with Gasteiger partial charge >= 0.3 is 12.4 Å². The summed E-state index contributed by atoms with van der Waals surface area (Å²) in [5.74, 6) is 0.159. The highest BCUT2D eigenvalue weighted by molar-refractivity contribution is 5.51. The van der Waals surface area contributed by atoms with Gasteiger partial charge in [-0.3, -0.25) is 0 Å². The van der Waals surface area contributed by atoms with Crippen LogP contribution >= 0.6 is 0 Å². The van der Waals surface area contributed by atoms with E-state index in [2.05, 4.69) is 4.74 Å². The van der Waals surface area contributed by atoms with E-state index in [1.54, 1.807) is 12.1 Å². The molecule has 114 valence electrons. The van der Waals surface area contributed by atoms with Gasteiger partial charge in [0.25, 0.3) is 0 Å². The Balaban J connectivity index is 2.48. The summed E-state index contributed by atoms with van der Waals surface area (Å²) in [6, 6.07) is 6.06. The second kappa shape index (κ2) is 6.21. The van der Waals surface area contributed by atoms with Crippen molar-refractivity contribution in [3.63, 3.8) is 0 Å². The molecule has 0 fully saturated rings. The lowest BCUT2D eigenvalue weighted by atomic mass is 10.3. The number of hydrogen-bond donors (Lipinski definition) is 1. The summed E-state index contributed by atoms with van der Waals surface area (Å²) in [6.07, 6.45) is -14.9. The summed E-state index contributed by atoms with van der Waals surface area (Å²) < 4.78 is 81.5. The number of alkyl halides is 6. The van der Waals surface area contributed by atoms with Crippen LogP contribution in [-0.4, -0.2) is 31.7 Å². The number of rotatable bonds is 5. The number of halogens is 6. The van der Waals surface area contributed by atoms with Gasteiger partial charge in [0.15, 0.2) is 0 Å². The Bertz CT molecular complexity index is 418. The summed E-state index contributed by atoms with van der Waals surface area (Å²) in [4.78, 5) is 0. The SMILES string of the molecule is Nc1ccccc1OCCOC(C(F)(F)F)C(F)(F)F. The minimum atomic E-state index is -5.52. The number of nitrogen functional groups attached to an aromatic ring is 1. The molecule has 0 aromatic heterocycles. The molecule has 0 aliphatic carbocycles. The summed E-state index contributed by atoms with van der Waals surface area (Å²) in [5.41, 5.74) is 5.69. The fraction of sp³-hybridized carbons (Fsp3) is 0.455. The van der Waals surface area contributed by atoms with E-state index >= 15 is 0 Å². The maximum atomic E-state index is 12.1. The molecule has 1 aromatic carbocycles. The van der Waals surface area contributed by atoms with Gasteiger partial charge in [-0.15, -0.1) is 0 Å². The molecular formula is C11H11F6NO2. The molecule has 0 radical (unpaired) electrons. The number of hydrogen-bond acceptors (Lipinski definition) is 3. The second-order valence-electron chi connectivity index (χ2n) is 3.72. The average molecular weight is 303 g/mol. The molecular weight excluding hydrogens is 292 g/mol. The number of benzene rings is 1.